The smallest absolute Gasteiger partial charge is 0.0764 e. The second-order valence-corrected chi connectivity index (χ2v) is 6.20. The molecule has 1 aromatic heterocycles. The van der Waals surface area contributed by atoms with Gasteiger partial charge >= 0.3 is 0 Å². The van der Waals surface area contributed by atoms with Crippen LogP contribution in [0.2, 0.25) is 0 Å². The Balaban J connectivity index is 1.87. The van der Waals surface area contributed by atoms with Gasteiger partial charge in [-0.3, -0.25) is 4.68 Å². The molecule has 0 aliphatic carbocycles. The molecule has 2 aliphatic rings. The molecule has 17 heavy (non-hydrogen) atoms. The molecule has 3 rings (SSSR count). The average Bonchev–Trinajstić information content (AvgIpc) is 2.89. The summed E-state index contributed by atoms with van der Waals surface area (Å²) in [7, 11) is 1.98. The summed E-state index contributed by atoms with van der Waals surface area (Å²) < 4.78 is 8.90. The van der Waals surface area contributed by atoms with Crippen LogP contribution in [0.25, 0.3) is 0 Å². The molecule has 3 atom stereocenters. The zero-order valence-electron chi connectivity index (χ0n) is 10.2. The molecule has 0 spiro atoms. The molecule has 3 unspecified atom stereocenters. The Kier molecular flexibility index (Phi) is 2.61. The highest BCUT2D eigenvalue weighted by molar-refractivity contribution is 9.10. The van der Waals surface area contributed by atoms with Crippen molar-refractivity contribution in [3.63, 3.8) is 0 Å². The summed E-state index contributed by atoms with van der Waals surface area (Å²) in [4.78, 5) is 0. The minimum atomic E-state index is -0.203. The second kappa shape index (κ2) is 3.80. The van der Waals surface area contributed by atoms with Gasteiger partial charge < -0.3 is 10.5 Å². The Morgan fingerprint density at radius 3 is 2.82 bits per heavy atom. The van der Waals surface area contributed by atoms with Crippen LogP contribution in [-0.2, 0) is 18.2 Å². The van der Waals surface area contributed by atoms with Crippen molar-refractivity contribution in [2.45, 2.75) is 50.4 Å². The standard InChI is InChI=1S/C12H18BrN3O/c1-7-11(13)9(16(2)15-7)6-12(14)5-8-3-4-10(12)17-8/h8,10H,3-6,14H2,1-2H3. The van der Waals surface area contributed by atoms with Gasteiger partial charge in [0.15, 0.2) is 0 Å². The minimum Gasteiger partial charge on any atom is -0.373 e. The van der Waals surface area contributed by atoms with Crippen molar-refractivity contribution in [3.8, 4) is 0 Å². The van der Waals surface area contributed by atoms with Crippen LogP contribution in [0.3, 0.4) is 0 Å². The molecule has 2 aliphatic heterocycles. The average molecular weight is 300 g/mol. The first-order chi connectivity index (χ1) is 7.99. The van der Waals surface area contributed by atoms with Crippen molar-refractivity contribution in [1.82, 2.24) is 9.78 Å². The van der Waals surface area contributed by atoms with E-state index in [9.17, 15) is 0 Å². The van der Waals surface area contributed by atoms with Crippen LogP contribution >= 0.6 is 15.9 Å². The molecule has 0 saturated carbocycles. The Hall–Kier alpha value is -0.390. The fourth-order valence-electron chi connectivity index (χ4n) is 3.20. The molecule has 0 radical (unpaired) electrons. The predicted molar refractivity (Wildman–Crippen MR) is 68.8 cm³/mol. The van der Waals surface area contributed by atoms with Crippen LogP contribution in [0.15, 0.2) is 4.47 Å². The lowest BCUT2D eigenvalue weighted by Gasteiger charge is -2.31. The van der Waals surface area contributed by atoms with Gasteiger partial charge in [-0.15, -0.1) is 0 Å². The lowest BCUT2D eigenvalue weighted by atomic mass is 9.79. The van der Waals surface area contributed by atoms with Gasteiger partial charge in [0.2, 0.25) is 0 Å². The van der Waals surface area contributed by atoms with Gasteiger partial charge in [-0.1, -0.05) is 0 Å². The summed E-state index contributed by atoms with van der Waals surface area (Å²) in [6, 6.07) is 0. The van der Waals surface area contributed by atoms with Gasteiger partial charge in [0, 0.05) is 13.5 Å². The number of ether oxygens (including phenoxy) is 1. The second-order valence-electron chi connectivity index (χ2n) is 5.41. The molecule has 2 bridgehead atoms. The largest absolute Gasteiger partial charge is 0.373 e. The summed E-state index contributed by atoms with van der Waals surface area (Å²) in [6.45, 7) is 2.01. The fourth-order valence-corrected chi connectivity index (χ4v) is 3.68. The minimum absolute atomic E-state index is 0.203. The summed E-state index contributed by atoms with van der Waals surface area (Å²) in [5.74, 6) is 0. The normalized spacial score (nSPS) is 35.8. The molecule has 4 nitrogen and oxygen atoms in total. The Morgan fingerprint density at radius 1 is 1.59 bits per heavy atom. The number of nitrogens with two attached hydrogens (primary N) is 1. The van der Waals surface area contributed by atoms with E-state index < -0.39 is 0 Å². The van der Waals surface area contributed by atoms with Gasteiger partial charge in [0.25, 0.3) is 0 Å². The first-order valence-electron chi connectivity index (χ1n) is 6.12. The maximum atomic E-state index is 6.54. The van der Waals surface area contributed by atoms with Gasteiger partial charge in [0.05, 0.1) is 33.6 Å². The third-order valence-electron chi connectivity index (χ3n) is 4.11. The van der Waals surface area contributed by atoms with E-state index in [2.05, 4.69) is 21.0 Å². The van der Waals surface area contributed by atoms with Crippen LogP contribution < -0.4 is 5.73 Å². The lowest BCUT2D eigenvalue weighted by molar-refractivity contribution is 0.0852. The lowest BCUT2D eigenvalue weighted by Crippen LogP contribution is -2.50. The van der Waals surface area contributed by atoms with Crippen molar-refractivity contribution < 1.29 is 4.74 Å². The third kappa shape index (κ3) is 1.75. The molecule has 1 aromatic rings. The van der Waals surface area contributed by atoms with Gasteiger partial charge in [-0.2, -0.15) is 5.10 Å². The van der Waals surface area contributed by atoms with E-state index in [1.165, 1.54) is 12.1 Å². The van der Waals surface area contributed by atoms with Gasteiger partial charge in [-0.25, -0.2) is 0 Å². The topological polar surface area (TPSA) is 53.1 Å². The van der Waals surface area contributed by atoms with Crippen LogP contribution in [0.5, 0.6) is 0 Å². The zero-order chi connectivity index (χ0) is 12.2. The number of hydrogen-bond acceptors (Lipinski definition) is 3. The molecular formula is C12H18BrN3O. The van der Waals surface area contributed by atoms with E-state index in [0.717, 1.165) is 29.4 Å². The molecule has 0 aromatic carbocycles. The molecular weight excluding hydrogens is 282 g/mol. The number of nitrogens with zero attached hydrogens (tertiary/aromatic N) is 2. The van der Waals surface area contributed by atoms with E-state index in [1.54, 1.807) is 0 Å². The van der Waals surface area contributed by atoms with Gasteiger partial charge in [-0.05, 0) is 42.1 Å². The van der Waals surface area contributed by atoms with Crippen LogP contribution in [0.1, 0.15) is 30.7 Å². The summed E-state index contributed by atoms with van der Waals surface area (Å²) in [5, 5.41) is 4.42. The summed E-state index contributed by atoms with van der Waals surface area (Å²) in [6.07, 6.45) is 4.72. The van der Waals surface area contributed by atoms with Crippen LogP contribution in [-0.4, -0.2) is 27.5 Å². The molecule has 2 saturated heterocycles. The Morgan fingerprint density at radius 2 is 2.35 bits per heavy atom. The molecule has 94 valence electrons. The zero-order valence-corrected chi connectivity index (χ0v) is 11.8. The van der Waals surface area contributed by atoms with Crippen molar-refractivity contribution in [2.75, 3.05) is 0 Å². The molecule has 2 N–H and O–H groups in total. The van der Waals surface area contributed by atoms with E-state index in [-0.39, 0.29) is 11.6 Å². The molecule has 2 fully saturated rings. The third-order valence-corrected chi connectivity index (χ3v) is 5.15. The maximum Gasteiger partial charge on any atom is 0.0764 e. The van der Waals surface area contributed by atoms with Crippen molar-refractivity contribution >= 4 is 15.9 Å². The van der Waals surface area contributed by atoms with Crippen molar-refractivity contribution in [1.29, 1.82) is 0 Å². The van der Waals surface area contributed by atoms with E-state index in [4.69, 9.17) is 10.5 Å². The highest BCUT2D eigenvalue weighted by Gasteiger charge is 2.50. The van der Waals surface area contributed by atoms with Crippen molar-refractivity contribution in [2.24, 2.45) is 12.8 Å². The molecule has 3 heterocycles. The highest BCUT2D eigenvalue weighted by Crippen LogP contribution is 2.42. The first kappa shape index (κ1) is 11.7. The molecule has 5 heteroatoms. The summed E-state index contributed by atoms with van der Waals surface area (Å²) >= 11 is 3.61. The quantitative estimate of drug-likeness (QED) is 0.904. The van der Waals surface area contributed by atoms with E-state index in [1.807, 2.05) is 18.7 Å². The number of hydrogen-bond donors (Lipinski definition) is 1. The number of aryl methyl sites for hydroxylation is 2. The summed E-state index contributed by atoms with van der Waals surface area (Å²) in [5.41, 5.74) is 8.54. The monoisotopic (exact) mass is 299 g/mol. The van der Waals surface area contributed by atoms with E-state index in [0.29, 0.717) is 6.10 Å². The van der Waals surface area contributed by atoms with Crippen LogP contribution in [0.4, 0.5) is 0 Å². The van der Waals surface area contributed by atoms with Crippen LogP contribution in [0, 0.1) is 6.92 Å². The maximum absolute atomic E-state index is 6.54. The number of fused-ring (bicyclic) bond motifs is 2. The number of halogens is 1. The first-order valence-corrected chi connectivity index (χ1v) is 6.91. The fraction of sp³-hybridized carbons (Fsp3) is 0.750. The number of aromatic nitrogens is 2. The van der Waals surface area contributed by atoms with E-state index >= 15 is 0 Å². The SMILES string of the molecule is Cc1nn(C)c(CC2(N)CC3CCC2O3)c1Br. The molecule has 0 amide bonds. The predicted octanol–water partition coefficient (Wildman–Crippen LogP) is 1.68. The van der Waals surface area contributed by atoms with Crippen molar-refractivity contribution in [3.05, 3.63) is 15.9 Å². The highest BCUT2D eigenvalue weighted by atomic mass is 79.9. The van der Waals surface area contributed by atoms with Gasteiger partial charge in [0.1, 0.15) is 0 Å². The number of rotatable bonds is 2. The Labute approximate surface area is 110 Å². The Bertz CT molecular complexity index is 459.